The van der Waals surface area contributed by atoms with Crippen LogP contribution in [-0.2, 0) is 27.0 Å². The van der Waals surface area contributed by atoms with Crippen molar-refractivity contribution in [2.45, 2.75) is 58.1 Å². The van der Waals surface area contributed by atoms with Gasteiger partial charge in [0.2, 0.25) is 0 Å². The Labute approximate surface area is 125 Å². The van der Waals surface area contributed by atoms with Crippen LogP contribution in [0.2, 0.25) is 0 Å². The molecule has 0 unspecified atom stereocenters. The van der Waals surface area contributed by atoms with Crippen LogP contribution >= 0.6 is 11.3 Å². The van der Waals surface area contributed by atoms with E-state index in [0.29, 0.717) is 13.2 Å². The first-order valence-electron chi connectivity index (χ1n) is 7.35. The van der Waals surface area contributed by atoms with Gasteiger partial charge in [0.1, 0.15) is 10.6 Å². The zero-order valence-corrected chi connectivity index (χ0v) is 13.8. The van der Waals surface area contributed by atoms with E-state index in [1.807, 2.05) is 6.92 Å². The zero-order valence-electron chi connectivity index (χ0n) is 13.0. The Morgan fingerprint density at radius 1 is 1.35 bits per heavy atom. The van der Waals surface area contributed by atoms with E-state index in [2.05, 4.69) is 20.8 Å². The van der Waals surface area contributed by atoms with E-state index in [9.17, 15) is 0 Å². The van der Waals surface area contributed by atoms with Crippen LogP contribution in [-0.4, -0.2) is 24.8 Å². The van der Waals surface area contributed by atoms with Crippen molar-refractivity contribution in [3.63, 3.8) is 0 Å². The zero-order chi connectivity index (χ0) is 14.8. The molecule has 1 aliphatic heterocycles. The monoisotopic (exact) mass is 298 g/mol. The van der Waals surface area contributed by atoms with Gasteiger partial charge in [0.15, 0.2) is 0 Å². The minimum Gasteiger partial charge on any atom is -0.381 e. The first kappa shape index (κ1) is 15.9. The number of hydrogen-bond acceptors (Lipinski definition) is 5. The topological polar surface area (TPSA) is 57.4 Å². The van der Waals surface area contributed by atoms with Gasteiger partial charge in [-0.05, 0) is 6.92 Å². The van der Waals surface area contributed by atoms with Gasteiger partial charge in [-0.3, -0.25) is 0 Å². The van der Waals surface area contributed by atoms with Crippen LogP contribution in [0.1, 0.15) is 56.1 Å². The second kappa shape index (κ2) is 6.10. The predicted molar refractivity (Wildman–Crippen MR) is 82.1 cm³/mol. The van der Waals surface area contributed by atoms with Gasteiger partial charge in [-0.25, -0.2) is 4.98 Å². The quantitative estimate of drug-likeness (QED) is 0.928. The summed E-state index contributed by atoms with van der Waals surface area (Å²) < 4.78 is 11.6. The molecular weight excluding hydrogens is 272 g/mol. The second-order valence-corrected chi connectivity index (χ2v) is 7.37. The molecule has 2 heterocycles. The molecule has 0 aliphatic carbocycles. The standard InChI is InChI=1S/C15H26N2O2S/c1-5-19-15(6-8-18-9-7-15)13-17-12(14(2,3)4)11(10-16)20-13/h5-10,16H2,1-4H3. The summed E-state index contributed by atoms with van der Waals surface area (Å²) in [6.45, 7) is 11.3. The molecule has 0 spiro atoms. The predicted octanol–water partition coefficient (Wildman–Crippen LogP) is 2.94. The Kier molecular flexibility index (Phi) is 4.84. The van der Waals surface area contributed by atoms with Gasteiger partial charge in [0.05, 0.1) is 5.69 Å². The summed E-state index contributed by atoms with van der Waals surface area (Å²) in [7, 11) is 0. The van der Waals surface area contributed by atoms with Crippen LogP contribution in [0, 0.1) is 0 Å². The second-order valence-electron chi connectivity index (χ2n) is 6.28. The van der Waals surface area contributed by atoms with Gasteiger partial charge in [-0.1, -0.05) is 20.8 Å². The van der Waals surface area contributed by atoms with Gasteiger partial charge in [0, 0.05) is 49.5 Å². The highest BCUT2D eigenvalue weighted by Gasteiger charge is 2.39. The van der Waals surface area contributed by atoms with Gasteiger partial charge in [-0.2, -0.15) is 0 Å². The summed E-state index contributed by atoms with van der Waals surface area (Å²) in [4.78, 5) is 6.10. The van der Waals surface area contributed by atoms with E-state index in [-0.39, 0.29) is 11.0 Å². The largest absolute Gasteiger partial charge is 0.381 e. The molecule has 4 nitrogen and oxygen atoms in total. The molecule has 1 aromatic rings. The molecule has 5 heteroatoms. The number of nitrogens with two attached hydrogens (primary N) is 1. The number of rotatable bonds is 4. The molecule has 1 fully saturated rings. The molecule has 0 atom stereocenters. The fourth-order valence-corrected chi connectivity index (χ4v) is 4.02. The maximum Gasteiger partial charge on any atom is 0.125 e. The summed E-state index contributed by atoms with van der Waals surface area (Å²) >= 11 is 1.72. The number of hydrogen-bond donors (Lipinski definition) is 1. The van der Waals surface area contributed by atoms with Gasteiger partial charge in [-0.15, -0.1) is 11.3 Å². The Balaban J connectivity index is 2.41. The van der Waals surface area contributed by atoms with Crippen LogP contribution < -0.4 is 5.73 Å². The lowest BCUT2D eigenvalue weighted by atomic mass is 9.90. The Morgan fingerprint density at radius 3 is 2.45 bits per heavy atom. The molecule has 1 saturated heterocycles. The van der Waals surface area contributed by atoms with Gasteiger partial charge in [0.25, 0.3) is 0 Å². The summed E-state index contributed by atoms with van der Waals surface area (Å²) in [5.74, 6) is 0. The molecule has 0 saturated carbocycles. The molecule has 0 aromatic carbocycles. The van der Waals surface area contributed by atoms with Crippen LogP contribution in [0.5, 0.6) is 0 Å². The summed E-state index contributed by atoms with van der Waals surface area (Å²) in [6, 6.07) is 0. The van der Waals surface area contributed by atoms with Crippen LogP contribution in [0.4, 0.5) is 0 Å². The number of aromatic nitrogens is 1. The van der Waals surface area contributed by atoms with Crippen molar-refractivity contribution < 1.29 is 9.47 Å². The maximum absolute atomic E-state index is 6.11. The minimum absolute atomic E-state index is 0.0159. The van der Waals surface area contributed by atoms with Gasteiger partial charge >= 0.3 is 0 Å². The Bertz CT molecular complexity index is 440. The van der Waals surface area contributed by atoms with E-state index >= 15 is 0 Å². The normalized spacial score (nSPS) is 19.2. The van der Waals surface area contributed by atoms with Crippen molar-refractivity contribution in [3.05, 3.63) is 15.6 Å². The molecule has 1 aromatic heterocycles. The minimum atomic E-state index is -0.273. The number of nitrogens with zero attached hydrogens (tertiary/aromatic N) is 1. The molecule has 0 radical (unpaired) electrons. The molecule has 2 rings (SSSR count). The van der Waals surface area contributed by atoms with Gasteiger partial charge < -0.3 is 15.2 Å². The van der Waals surface area contributed by atoms with E-state index in [0.717, 1.165) is 36.8 Å². The summed E-state index contributed by atoms with van der Waals surface area (Å²) in [6.07, 6.45) is 1.75. The van der Waals surface area contributed by atoms with Crippen molar-refractivity contribution in [2.75, 3.05) is 19.8 Å². The molecule has 20 heavy (non-hydrogen) atoms. The highest BCUT2D eigenvalue weighted by Crippen LogP contribution is 2.41. The lowest BCUT2D eigenvalue weighted by Gasteiger charge is -2.35. The SMILES string of the molecule is CCOC1(c2nc(C(C)(C)C)c(CN)s2)CCOCC1. The Hall–Kier alpha value is -0.490. The fraction of sp³-hybridized carbons (Fsp3) is 0.800. The van der Waals surface area contributed by atoms with Crippen molar-refractivity contribution in [1.82, 2.24) is 4.98 Å². The lowest BCUT2D eigenvalue weighted by Crippen LogP contribution is -2.36. The van der Waals surface area contributed by atoms with E-state index in [4.69, 9.17) is 20.2 Å². The van der Waals surface area contributed by atoms with Crippen molar-refractivity contribution in [3.8, 4) is 0 Å². The average molecular weight is 298 g/mol. The van der Waals surface area contributed by atoms with Crippen LogP contribution in [0.3, 0.4) is 0 Å². The molecule has 114 valence electrons. The number of ether oxygens (including phenoxy) is 2. The van der Waals surface area contributed by atoms with Crippen LogP contribution in [0.25, 0.3) is 0 Å². The van der Waals surface area contributed by atoms with E-state index in [1.165, 1.54) is 4.88 Å². The van der Waals surface area contributed by atoms with Crippen molar-refractivity contribution in [2.24, 2.45) is 5.73 Å². The fourth-order valence-electron chi connectivity index (χ4n) is 2.67. The Morgan fingerprint density at radius 2 is 2.00 bits per heavy atom. The van der Waals surface area contributed by atoms with E-state index in [1.54, 1.807) is 11.3 Å². The third kappa shape index (κ3) is 3.06. The first-order valence-corrected chi connectivity index (χ1v) is 8.17. The average Bonchev–Trinajstić information content (AvgIpc) is 2.85. The molecule has 0 bridgehead atoms. The molecule has 2 N–H and O–H groups in total. The lowest BCUT2D eigenvalue weighted by molar-refractivity contribution is -0.113. The van der Waals surface area contributed by atoms with E-state index < -0.39 is 0 Å². The third-order valence-electron chi connectivity index (χ3n) is 3.70. The first-order chi connectivity index (χ1) is 9.43. The highest BCUT2D eigenvalue weighted by molar-refractivity contribution is 7.11. The van der Waals surface area contributed by atoms with Crippen molar-refractivity contribution >= 4 is 11.3 Å². The van der Waals surface area contributed by atoms with Crippen molar-refractivity contribution in [1.29, 1.82) is 0 Å². The van der Waals surface area contributed by atoms with Crippen LogP contribution in [0.15, 0.2) is 0 Å². The summed E-state index contributed by atoms with van der Waals surface area (Å²) in [5, 5.41) is 1.08. The third-order valence-corrected chi connectivity index (χ3v) is 4.97. The highest BCUT2D eigenvalue weighted by atomic mass is 32.1. The summed E-state index contributed by atoms with van der Waals surface area (Å²) in [5.41, 5.74) is 6.77. The molecule has 0 amide bonds. The molecule has 1 aliphatic rings. The maximum atomic E-state index is 6.11. The molecular formula is C15H26N2O2S. The number of thiazole rings is 1. The smallest absolute Gasteiger partial charge is 0.125 e.